The number of nitrogens with one attached hydrogen (secondary N) is 1. The molecule has 20 heavy (non-hydrogen) atoms. The Morgan fingerprint density at radius 3 is 2.65 bits per heavy atom. The first kappa shape index (κ1) is 14.5. The number of anilines is 2. The highest BCUT2D eigenvalue weighted by molar-refractivity contribution is 7.99. The third-order valence-electron chi connectivity index (χ3n) is 2.78. The van der Waals surface area contributed by atoms with Crippen molar-refractivity contribution >= 4 is 29.0 Å². The van der Waals surface area contributed by atoms with Crippen molar-refractivity contribution in [2.24, 2.45) is 0 Å². The van der Waals surface area contributed by atoms with Gasteiger partial charge >= 0.3 is 0 Å². The van der Waals surface area contributed by atoms with Crippen molar-refractivity contribution in [1.82, 2.24) is 0 Å². The zero-order valence-corrected chi connectivity index (χ0v) is 12.2. The Bertz CT molecular complexity index is 581. The van der Waals surface area contributed by atoms with Gasteiger partial charge in [-0.15, -0.1) is 11.8 Å². The molecule has 0 saturated carbocycles. The molecule has 0 bridgehead atoms. The van der Waals surface area contributed by atoms with Crippen molar-refractivity contribution in [1.29, 1.82) is 0 Å². The minimum absolute atomic E-state index is 0.0241. The summed E-state index contributed by atoms with van der Waals surface area (Å²) in [5.41, 5.74) is 9.55. The fourth-order valence-electron chi connectivity index (χ4n) is 1.80. The lowest BCUT2D eigenvalue weighted by atomic mass is 10.2. The van der Waals surface area contributed by atoms with E-state index in [1.54, 1.807) is 11.8 Å². The number of rotatable bonds is 5. The first-order valence-electron chi connectivity index (χ1n) is 6.42. The number of amides is 1. The van der Waals surface area contributed by atoms with Gasteiger partial charge in [0.25, 0.3) is 0 Å². The molecule has 0 heterocycles. The Balaban J connectivity index is 1.76. The van der Waals surface area contributed by atoms with Crippen LogP contribution in [-0.4, -0.2) is 11.7 Å². The van der Waals surface area contributed by atoms with Crippen LogP contribution in [0.1, 0.15) is 11.1 Å². The van der Waals surface area contributed by atoms with Crippen molar-refractivity contribution in [2.45, 2.75) is 12.7 Å². The summed E-state index contributed by atoms with van der Waals surface area (Å²) in [4.78, 5) is 11.8. The molecule has 0 saturated heterocycles. The van der Waals surface area contributed by atoms with Gasteiger partial charge in [-0.3, -0.25) is 4.79 Å². The van der Waals surface area contributed by atoms with Gasteiger partial charge in [-0.2, -0.15) is 0 Å². The standard InChI is InChI=1S/C16H18N2OS/c1-12-3-2-4-15(9-12)18-16(19)11-20-10-13-5-7-14(17)8-6-13/h2-9H,10-11,17H2,1H3,(H,18,19). The number of hydrogen-bond acceptors (Lipinski definition) is 3. The molecule has 0 spiro atoms. The maximum absolute atomic E-state index is 11.8. The van der Waals surface area contributed by atoms with E-state index in [0.29, 0.717) is 5.75 Å². The van der Waals surface area contributed by atoms with E-state index in [1.807, 2.05) is 55.5 Å². The zero-order chi connectivity index (χ0) is 14.4. The van der Waals surface area contributed by atoms with Crippen molar-refractivity contribution in [3.63, 3.8) is 0 Å². The smallest absolute Gasteiger partial charge is 0.234 e. The van der Waals surface area contributed by atoms with E-state index < -0.39 is 0 Å². The quantitative estimate of drug-likeness (QED) is 0.828. The minimum atomic E-state index is 0.0241. The highest BCUT2D eigenvalue weighted by atomic mass is 32.2. The Morgan fingerprint density at radius 1 is 1.20 bits per heavy atom. The molecule has 3 nitrogen and oxygen atoms in total. The van der Waals surface area contributed by atoms with E-state index in [-0.39, 0.29) is 5.91 Å². The van der Waals surface area contributed by atoms with Crippen LogP contribution >= 0.6 is 11.8 Å². The highest BCUT2D eigenvalue weighted by Crippen LogP contribution is 2.15. The molecular weight excluding hydrogens is 268 g/mol. The number of nitrogens with two attached hydrogens (primary N) is 1. The summed E-state index contributed by atoms with van der Waals surface area (Å²) in [6, 6.07) is 15.5. The van der Waals surface area contributed by atoms with Crippen molar-refractivity contribution in [2.75, 3.05) is 16.8 Å². The first-order valence-corrected chi connectivity index (χ1v) is 7.57. The molecule has 0 fully saturated rings. The number of carbonyl (C=O) groups is 1. The summed E-state index contributed by atoms with van der Waals surface area (Å²) in [7, 11) is 0. The predicted molar refractivity (Wildman–Crippen MR) is 86.8 cm³/mol. The molecule has 2 aromatic rings. The Kier molecular flexibility index (Phi) is 5.07. The fourth-order valence-corrected chi connectivity index (χ4v) is 2.58. The van der Waals surface area contributed by atoms with Gasteiger partial charge in [0.2, 0.25) is 5.91 Å². The van der Waals surface area contributed by atoms with Crippen LogP contribution in [0.4, 0.5) is 11.4 Å². The van der Waals surface area contributed by atoms with Crippen molar-refractivity contribution in [3.8, 4) is 0 Å². The van der Waals surface area contributed by atoms with Gasteiger partial charge in [0.1, 0.15) is 0 Å². The van der Waals surface area contributed by atoms with E-state index in [0.717, 1.165) is 22.7 Å². The second-order valence-electron chi connectivity index (χ2n) is 4.65. The summed E-state index contributed by atoms with van der Waals surface area (Å²) in [6.07, 6.45) is 0. The maximum atomic E-state index is 11.8. The number of carbonyl (C=O) groups excluding carboxylic acids is 1. The third-order valence-corrected chi connectivity index (χ3v) is 3.79. The van der Waals surface area contributed by atoms with Gasteiger partial charge in [-0.25, -0.2) is 0 Å². The SMILES string of the molecule is Cc1cccc(NC(=O)CSCc2ccc(N)cc2)c1. The lowest BCUT2D eigenvalue weighted by Gasteiger charge is -2.06. The van der Waals surface area contributed by atoms with Crippen molar-refractivity contribution in [3.05, 3.63) is 59.7 Å². The zero-order valence-electron chi connectivity index (χ0n) is 11.4. The van der Waals surface area contributed by atoms with E-state index >= 15 is 0 Å². The molecule has 2 aromatic carbocycles. The van der Waals surface area contributed by atoms with Gasteiger partial charge in [-0.1, -0.05) is 24.3 Å². The van der Waals surface area contributed by atoms with Crippen LogP contribution in [0.25, 0.3) is 0 Å². The van der Waals surface area contributed by atoms with Gasteiger partial charge < -0.3 is 11.1 Å². The van der Waals surface area contributed by atoms with Crippen LogP contribution in [0.2, 0.25) is 0 Å². The van der Waals surface area contributed by atoms with E-state index in [2.05, 4.69) is 5.32 Å². The predicted octanol–water partition coefficient (Wildman–Crippen LogP) is 3.45. The molecule has 0 unspecified atom stereocenters. The molecule has 0 aliphatic rings. The normalized spacial score (nSPS) is 10.2. The third kappa shape index (κ3) is 4.63. The number of benzene rings is 2. The molecule has 3 N–H and O–H groups in total. The second kappa shape index (κ2) is 7.01. The molecule has 4 heteroatoms. The lowest BCUT2D eigenvalue weighted by molar-refractivity contribution is -0.113. The monoisotopic (exact) mass is 286 g/mol. The molecule has 0 atom stereocenters. The Morgan fingerprint density at radius 2 is 1.95 bits per heavy atom. The molecular formula is C16H18N2OS. The van der Waals surface area contributed by atoms with Gasteiger partial charge in [-0.05, 0) is 42.3 Å². The van der Waals surface area contributed by atoms with E-state index in [4.69, 9.17) is 5.73 Å². The van der Waals surface area contributed by atoms with Crippen LogP contribution in [0.15, 0.2) is 48.5 Å². The molecule has 0 aliphatic heterocycles. The summed E-state index contributed by atoms with van der Waals surface area (Å²) in [5, 5.41) is 2.90. The molecule has 104 valence electrons. The van der Waals surface area contributed by atoms with Crippen LogP contribution in [0.3, 0.4) is 0 Å². The van der Waals surface area contributed by atoms with Crippen LogP contribution < -0.4 is 11.1 Å². The molecule has 0 aromatic heterocycles. The minimum Gasteiger partial charge on any atom is -0.399 e. The van der Waals surface area contributed by atoms with Crippen LogP contribution in [0, 0.1) is 6.92 Å². The summed E-state index contributed by atoms with van der Waals surface area (Å²) < 4.78 is 0. The molecule has 1 amide bonds. The molecule has 2 rings (SSSR count). The van der Waals surface area contributed by atoms with Gasteiger partial charge in [0.15, 0.2) is 0 Å². The number of aryl methyl sites for hydroxylation is 1. The largest absolute Gasteiger partial charge is 0.399 e. The van der Waals surface area contributed by atoms with Crippen LogP contribution in [-0.2, 0) is 10.5 Å². The number of hydrogen-bond donors (Lipinski definition) is 2. The van der Waals surface area contributed by atoms with E-state index in [1.165, 1.54) is 5.56 Å². The topological polar surface area (TPSA) is 55.1 Å². The average molecular weight is 286 g/mol. The number of nitrogen functional groups attached to an aromatic ring is 1. The van der Waals surface area contributed by atoms with Gasteiger partial charge in [0, 0.05) is 17.1 Å². The Hall–Kier alpha value is -1.94. The number of thioether (sulfide) groups is 1. The fraction of sp³-hybridized carbons (Fsp3) is 0.188. The first-order chi connectivity index (χ1) is 9.63. The van der Waals surface area contributed by atoms with Crippen LogP contribution in [0.5, 0.6) is 0 Å². The summed E-state index contributed by atoms with van der Waals surface area (Å²) in [6.45, 7) is 2.01. The van der Waals surface area contributed by atoms with Crippen molar-refractivity contribution < 1.29 is 4.79 Å². The molecule has 0 aliphatic carbocycles. The second-order valence-corrected chi connectivity index (χ2v) is 5.64. The van der Waals surface area contributed by atoms with E-state index in [9.17, 15) is 4.79 Å². The summed E-state index contributed by atoms with van der Waals surface area (Å²) >= 11 is 1.59. The Labute approximate surface area is 123 Å². The maximum Gasteiger partial charge on any atom is 0.234 e. The summed E-state index contributed by atoms with van der Waals surface area (Å²) in [5.74, 6) is 1.27. The average Bonchev–Trinajstić information content (AvgIpc) is 2.41. The van der Waals surface area contributed by atoms with Gasteiger partial charge in [0.05, 0.1) is 5.75 Å². The highest BCUT2D eigenvalue weighted by Gasteiger charge is 2.03. The molecule has 0 radical (unpaired) electrons. The lowest BCUT2D eigenvalue weighted by Crippen LogP contribution is -2.14.